The molecule has 1 N–H and O–H groups in total. The van der Waals surface area contributed by atoms with Crippen LogP contribution in [0.1, 0.15) is 65.2 Å². The molecule has 0 saturated heterocycles. The number of fused-ring (bicyclic) bond motifs is 6. The summed E-state index contributed by atoms with van der Waals surface area (Å²) >= 11 is 0. The molecule has 0 amide bonds. The molecule has 5 nitrogen and oxygen atoms in total. The minimum atomic E-state index is -1.14. The van der Waals surface area contributed by atoms with Gasteiger partial charge >= 0.3 is 5.97 Å². The van der Waals surface area contributed by atoms with Gasteiger partial charge in [-0.1, -0.05) is 80.8 Å². The Kier molecular flexibility index (Phi) is 6.51. The number of anilines is 3. The largest absolute Gasteiger partial charge is 0.456 e. The van der Waals surface area contributed by atoms with Gasteiger partial charge in [0.2, 0.25) is 0 Å². The van der Waals surface area contributed by atoms with E-state index in [9.17, 15) is 4.79 Å². The topological polar surface area (TPSA) is 50.8 Å². The number of rotatable bonds is 8. The molecule has 4 aromatic rings. The van der Waals surface area contributed by atoms with E-state index in [-0.39, 0.29) is 5.97 Å². The number of hydrogen-bond donors (Lipinski definition) is 1. The van der Waals surface area contributed by atoms with Crippen LogP contribution in [-0.2, 0) is 10.3 Å². The molecule has 39 heavy (non-hydrogen) atoms. The van der Waals surface area contributed by atoms with Crippen LogP contribution in [0.5, 0.6) is 11.5 Å². The maximum absolute atomic E-state index is 14.1. The van der Waals surface area contributed by atoms with Gasteiger partial charge in [0.25, 0.3) is 0 Å². The monoisotopic (exact) mass is 518 g/mol. The van der Waals surface area contributed by atoms with Crippen LogP contribution in [0.2, 0.25) is 0 Å². The third-order valence-corrected chi connectivity index (χ3v) is 7.86. The number of aryl methyl sites for hydroxylation is 1. The first kappa shape index (κ1) is 25.1. The van der Waals surface area contributed by atoms with E-state index in [0.717, 1.165) is 52.3 Å². The standard InChI is InChI=1S/C34H34N2O3/c1-4-5-6-14-21-36(3)27-22-23(2)32(35-24-15-8-7-9-16-24)31-30(27)33(37)39-34(31)25-17-10-12-19-28(25)38-29-20-13-11-18-26(29)34/h7-13,15-20,22,35H,4-6,14,21H2,1-3H3. The second-order valence-corrected chi connectivity index (χ2v) is 10.5. The highest BCUT2D eigenvalue weighted by Crippen LogP contribution is 2.59. The summed E-state index contributed by atoms with van der Waals surface area (Å²) in [6.07, 6.45) is 4.64. The average molecular weight is 519 g/mol. The third kappa shape index (κ3) is 4.13. The van der Waals surface area contributed by atoms with E-state index in [1.807, 2.05) is 78.9 Å². The lowest BCUT2D eigenvalue weighted by molar-refractivity contribution is 0.0226. The van der Waals surface area contributed by atoms with E-state index in [1.165, 1.54) is 19.3 Å². The summed E-state index contributed by atoms with van der Waals surface area (Å²) < 4.78 is 12.9. The summed E-state index contributed by atoms with van der Waals surface area (Å²) in [4.78, 5) is 16.3. The number of carbonyl (C=O) groups excluding carboxylic acids is 1. The van der Waals surface area contributed by atoms with Crippen molar-refractivity contribution in [3.05, 3.63) is 113 Å². The van der Waals surface area contributed by atoms with Crippen molar-refractivity contribution in [2.24, 2.45) is 0 Å². The molecule has 0 saturated carbocycles. The summed E-state index contributed by atoms with van der Waals surface area (Å²) in [7, 11) is 2.08. The number of hydrogen-bond acceptors (Lipinski definition) is 5. The van der Waals surface area contributed by atoms with Gasteiger partial charge in [-0.3, -0.25) is 0 Å². The molecule has 0 aliphatic carbocycles. The minimum Gasteiger partial charge on any atom is -0.456 e. The van der Waals surface area contributed by atoms with Crippen molar-refractivity contribution in [1.82, 2.24) is 0 Å². The summed E-state index contributed by atoms with van der Waals surface area (Å²) in [5.74, 6) is 1.07. The van der Waals surface area contributed by atoms with Crippen LogP contribution in [-0.4, -0.2) is 19.6 Å². The number of benzene rings is 4. The minimum absolute atomic E-state index is 0.317. The molecule has 0 aromatic heterocycles. The maximum Gasteiger partial charge on any atom is 0.342 e. The number of esters is 1. The lowest BCUT2D eigenvalue weighted by atomic mass is 9.76. The molecule has 0 fully saturated rings. The molecule has 6 rings (SSSR count). The molecule has 2 aliphatic heterocycles. The lowest BCUT2D eigenvalue weighted by Gasteiger charge is -2.37. The fraction of sp³-hybridized carbons (Fsp3) is 0.265. The molecular weight excluding hydrogens is 484 g/mol. The first-order chi connectivity index (χ1) is 19.0. The van der Waals surface area contributed by atoms with Gasteiger partial charge < -0.3 is 19.7 Å². The number of unbranched alkanes of at least 4 members (excludes halogenated alkanes) is 3. The van der Waals surface area contributed by atoms with Crippen LogP contribution in [0.25, 0.3) is 0 Å². The molecular formula is C34H34N2O3. The third-order valence-electron chi connectivity index (χ3n) is 7.86. The Morgan fingerprint density at radius 3 is 2.15 bits per heavy atom. The molecule has 2 aliphatic rings. The summed E-state index contributed by atoms with van der Waals surface area (Å²) in [6, 6.07) is 28.0. The van der Waals surface area contributed by atoms with Gasteiger partial charge in [-0.2, -0.15) is 0 Å². The summed E-state index contributed by atoms with van der Waals surface area (Å²) in [6.45, 7) is 5.19. The van der Waals surface area contributed by atoms with Crippen LogP contribution < -0.4 is 15.0 Å². The first-order valence-corrected chi connectivity index (χ1v) is 13.9. The maximum atomic E-state index is 14.1. The van der Waals surface area contributed by atoms with E-state index in [2.05, 4.69) is 37.2 Å². The Hall–Kier alpha value is -4.25. The molecule has 0 bridgehead atoms. The number of nitrogens with one attached hydrogen (secondary N) is 1. The van der Waals surface area contributed by atoms with Crippen LogP contribution in [0.3, 0.4) is 0 Å². The molecule has 0 radical (unpaired) electrons. The fourth-order valence-corrected chi connectivity index (χ4v) is 5.96. The molecule has 198 valence electrons. The van der Waals surface area contributed by atoms with E-state index >= 15 is 0 Å². The highest BCUT2D eigenvalue weighted by Gasteiger charge is 2.56. The average Bonchev–Trinajstić information content (AvgIpc) is 3.26. The quantitative estimate of drug-likeness (QED) is 0.188. The number of ether oxygens (including phenoxy) is 2. The smallest absolute Gasteiger partial charge is 0.342 e. The summed E-state index contributed by atoms with van der Waals surface area (Å²) in [5.41, 5.74) is 5.76. The van der Waals surface area contributed by atoms with Crippen molar-refractivity contribution in [2.75, 3.05) is 23.8 Å². The normalized spacial score (nSPS) is 14.2. The Morgan fingerprint density at radius 2 is 1.49 bits per heavy atom. The number of nitrogens with zero attached hydrogens (tertiary/aromatic N) is 1. The molecule has 0 atom stereocenters. The number of para-hydroxylation sites is 3. The molecule has 2 heterocycles. The van der Waals surface area contributed by atoms with Crippen molar-refractivity contribution >= 4 is 23.0 Å². The highest BCUT2D eigenvalue weighted by atomic mass is 16.6. The van der Waals surface area contributed by atoms with Crippen molar-refractivity contribution in [1.29, 1.82) is 0 Å². The van der Waals surface area contributed by atoms with Gasteiger partial charge in [-0.15, -0.1) is 0 Å². The lowest BCUT2D eigenvalue weighted by Crippen LogP contribution is -2.33. The SMILES string of the molecule is CCCCCCN(C)c1cc(C)c(Nc2ccccc2)c2c1C(=O)OC21c2ccccc2Oc2ccccc21. The zero-order chi connectivity index (χ0) is 27.0. The molecule has 0 unspecified atom stereocenters. The molecule has 1 spiro atoms. The van der Waals surface area contributed by atoms with Gasteiger partial charge in [0.15, 0.2) is 5.60 Å². The fourth-order valence-electron chi connectivity index (χ4n) is 5.96. The van der Waals surface area contributed by atoms with Gasteiger partial charge in [0.1, 0.15) is 11.5 Å². The van der Waals surface area contributed by atoms with Crippen molar-refractivity contribution < 1.29 is 14.3 Å². The van der Waals surface area contributed by atoms with Gasteiger partial charge in [0, 0.05) is 36.0 Å². The van der Waals surface area contributed by atoms with E-state index < -0.39 is 5.60 Å². The van der Waals surface area contributed by atoms with Crippen molar-refractivity contribution in [3.63, 3.8) is 0 Å². The highest BCUT2D eigenvalue weighted by molar-refractivity contribution is 6.05. The van der Waals surface area contributed by atoms with Gasteiger partial charge in [0.05, 0.1) is 16.9 Å². The second-order valence-electron chi connectivity index (χ2n) is 10.5. The molecule has 5 heteroatoms. The predicted molar refractivity (Wildman–Crippen MR) is 157 cm³/mol. The zero-order valence-corrected chi connectivity index (χ0v) is 22.8. The Labute approximate surface area is 230 Å². The van der Waals surface area contributed by atoms with Crippen molar-refractivity contribution in [2.45, 2.75) is 45.1 Å². The van der Waals surface area contributed by atoms with E-state index in [0.29, 0.717) is 17.1 Å². The van der Waals surface area contributed by atoms with E-state index in [1.54, 1.807) is 0 Å². The molecule has 4 aromatic carbocycles. The van der Waals surface area contributed by atoms with Crippen LogP contribution in [0.15, 0.2) is 84.9 Å². The van der Waals surface area contributed by atoms with E-state index in [4.69, 9.17) is 9.47 Å². The second kappa shape index (κ2) is 10.1. The summed E-state index contributed by atoms with van der Waals surface area (Å²) in [5, 5.41) is 3.66. The van der Waals surface area contributed by atoms with Gasteiger partial charge in [-0.25, -0.2) is 4.79 Å². The van der Waals surface area contributed by atoms with Crippen LogP contribution >= 0.6 is 0 Å². The predicted octanol–water partition coefficient (Wildman–Crippen LogP) is 8.32. The van der Waals surface area contributed by atoms with Crippen LogP contribution in [0, 0.1) is 6.92 Å². The first-order valence-electron chi connectivity index (χ1n) is 13.9. The van der Waals surface area contributed by atoms with Crippen LogP contribution in [0.4, 0.5) is 17.1 Å². The zero-order valence-electron chi connectivity index (χ0n) is 22.8. The Bertz CT molecular complexity index is 1480. The van der Waals surface area contributed by atoms with Crippen molar-refractivity contribution in [3.8, 4) is 11.5 Å². The Balaban J connectivity index is 1.62. The van der Waals surface area contributed by atoms with Gasteiger partial charge in [-0.05, 0) is 49.2 Å². The Morgan fingerprint density at radius 1 is 0.846 bits per heavy atom. The number of carbonyl (C=O) groups is 1.